The number of nitrogens with two attached hydrogens (primary N) is 1. The number of nitrogen functional groups attached to an aromatic ring is 1. The minimum atomic E-state index is -0.832. The van der Waals surface area contributed by atoms with Crippen LogP contribution in [0.1, 0.15) is 11.1 Å². The summed E-state index contributed by atoms with van der Waals surface area (Å²) in [6.07, 6.45) is 2.06. The molecule has 1 fully saturated rings. The smallest absolute Gasteiger partial charge is 0.293 e. The van der Waals surface area contributed by atoms with E-state index in [1.165, 1.54) is 6.07 Å². The van der Waals surface area contributed by atoms with E-state index in [1.807, 2.05) is 23.0 Å². The van der Waals surface area contributed by atoms with E-state index in [1.54, 1.807) is 13.5 Å². The Balaban J connectivity index is 1.67. The molecule has 1 saturated heterocycles. The molecule has 0 bridgehead atoms. The number of piperazine rings is 1. The van der Waals surface area contributed by atoms with E-state index in [2.05, 4.69) is 4.90 Å². The monoisotopic (exact) mass is 356 g/mol. The summed E-state index contributed by atoms with van der Waals surface area (Å²) in [7, 11) is 1.57. The van der Waals surface area contributed by atoms with Crippen molar-refractivity contribution in [1.29, 1.82) is 0 Å². The van der Waals surface area contributed by atoms with Crippen LogP contribution in [0.4, 0.5) is 20.2 Å². The molecule has 4 nitrogen and oxygen atoms in total. The maximum Gasteiger partial charge on any atom is 0.293 e. The van der Waals surface area contributed by atoms with Crippen molar-refractivity contribution < 1.29 is 13.6 Å². The number of para-hydroxylation sites is 1. The molecular weight excluding hydrogens is 335 g/mol. The van der Waals surface area contributed by atoms with Crippen molar-refractivity contribution in [3.63, 3.8) is 0 Å². The third kappa shape index (κ3) is 4.22. The highest BCUT2D eigenvalue weighted by molar-refractivity contribution is 6.64. The second kappa shape index (κ2) is 8.32. The Kier molecular flexibility index (Phi) is 5.88. The van der Waals surface area contributed by atoms with Gasteiger partial charge in [0.25, 0.3) is 7.41 Å². The fourth-order valence-electron chi connectivity index (χ4n) is 3.27. The van der Waals surface area contributed by atoms with E-state index in [-0.39, 0.29) is 0 Å². The number of aryl methyl sites for hydroxylation is 2. The largest absolute Gasteiger partial charge is 0.397 e. The van der Waals surface area contributed by atoms with Crippen molar-refractivity contribution in [2.75, 3.05) is 36.8 Å². The lowest BCUT2D eigenvalue weighted by atomic mass is 9.93. The topological polar surface area (TPSA) is 49.6 Å². The maximum atomic E-state index is 13.3. The normalized spacial score (nSPS) is 15.1. The molecular formula is C19H21BF2N3O. The summed E-state index contributed by atoms with van der Waals surface area (Å²) in [5, 5.41) is 0. The van der Waals surface area contributed by atoms with Crippen molar-refractivity contribution in [3.8, 4) is 0 Å². The van der Waals surface area contributed by atoms with Gasteiger partial charge in [0.2, 0.25) is 0 Å². The lowest BCUT2D eigenvalue weighted by Gasteiger charge is -2.36. The zero-order valence-electron chi connectivity index (χ0n) is 14.5. The Morgan fingerprint density at radius 3 is 2.50 bits per heavy atom. The molecule has 2 aromatic rings. The predicted octanol–water partition coefficient (Wildman–Crippen LogP) is 2.26. The van der Waals surface area contributed by atoms with Gasteiger partial charge in [-0.25, -0.2) is 8.78 Å². The molecule has 0 unspecified atom stereocenters. The second-order valence-electron chi connectivity index (χ2n) is 6.41. The van der Waals surface area contributed by atoms with Crippen LogP contribution in [-0.4, -0.2) is 44.6 Å². The molecule has 135 valence electrons. The molecule has 1 aliphatic rings. The summed E-state index contributed by atoms with van der Waals surface area (Å²) in [5.74, 6) is -1.66. The Hall–Kier alpha value is -2.41. The van der Waals surface area contributed by atoms with Crippen LogP contribution in [0.5, 0.6) is 0 Å². The summed E-state index contributed by atoms with van der Waals surface area (Å²) in [6, 6.07) is 9.92. The van der Waals surface area contributed by atoms with Crippen molar-refractivity contribution in [3.05, 3.63) is 59.2 Å². The summed E-state index contributed by atoms with van der Waals surface area (Å²) in [6.45, 7) is 3.14. The molecule has 0 saturated carbocycles. The fraction of sp³-hybridized carbons (Fsp3) is 0.316. The molecule has 2 aromatic carbocycles. The SMILES string of the molecule is Nc1c(CCc2ccc(F)c(F)c2)cccc1N1CCN([B]C=O)CC1. The first-order chi connectivity index (χ1) is 12.6. The third-order valence-electron chi connectivity index (χ3n) is 4.77. The average molecular weight is 356 g/mol. The molecule has 1 heterocycles. The van der Waals surface area contributed by atoms with Gasteiger partial charge in [0.15, 0.2) is 11.6 Å². The molecule has 0 atom stereocenters. The van der Waals surface area contributed by atoms with E-state index in [9.17, 15) is 13.6 Å². The van der Waals surface area contributed by atoms with Crippen LogP contribution in [0.3, 0.4) is 0 Å². The van der Waals surface area contributed by atoms with Crippen molar-refractivity contribution >= 4 is 25.0 Å². The first-order valence-corrected chi connectivity index (χ1v) is 8.67. The standard InChI is InChI=1S/C19H21BF2N3O/c21-16-7-5-14(12-17(16)22)4-6-15-2-1-3-18(19(15)23)24-8-10-25(11-9-24)20-13-26/h1-3,5,7,12-13H,4,6,8-11,23H2. The number of benzene rings is 2. The maximum absolute atomic E-state index is 13.3. The van der Waals surface area contributed by atoms with E-state index in [0.717, 1.165) is 60.9 Å². The zero-order chi connectivity index (χ0) is 18.5. The Morgan fingerprint density at radius 1 is 1.04 bits per heavy atom. The minimum absolute atomic E-state index is 0.590. The molecule has 0 aliphatic carbocycles. The first kappa shape index (κ1) is 18.4. The fourth-order valence-corrected chi connectivity index (χ4v) is 3.27. The average Bonchev–Trinajstić information content (AvgIpc) is 2.65. The van der Waals surface area contributed by atoms with E-state index in [0.29, 0.717) is 12.8 Å². The highest BCUT2D eigenvalue weighted by Gasteiger charge is 2.19. The van der Waals surface area contributed by atoms with Gasteiger partial charge in [0, 0.05) is 26.2 Å². The number of halogens is 2. The van der Waals surface area contributed by atoms with E-state index < -0.39 is 11.6 Å². The lowest BCUT2D eigenvalue weighted by Crippen LogP contribution is -2.48. The number of hydrogen-bond donors (Lipinski definition) is 1. The molecule has 3 rings (SSSR count). The van der Waals surface area contributed by atoms with Gasteiger partial charge < -0.3 is 20.2 Å². The van der Waals surface area contributed by atoms with Crippen LogP contribution >= 0.6 is 0 Å². The van der Waals surface area contributed by atoms with Gasteiger partial charge in [-0.2, -0.15) is 0 Å². The first-order valence-electron chi connectivity index (χ1n) is 8.67. The van der Waals surface area contributed by atoms with Gasteiger partial charge in [-0.15, -0.1) is 0 Å². The van der Waals surface area contributed by atoms with Gasteiger partial charge in [-0.3, -0.25) is 0 Å². The van der Waals surface area contributed by atoms with Crippen LogP contribution < -0.4 is 10.6 Å². The molecule has 7 heteroatoms. The number of nitrogens with zero attached hydrogens (tertiary/aromatic N) is 2. The minimum Gasteiger partial charge on any atom is -0.397 e. The summed E-state index contributed by atoms with van der Waals surface area (Å²) >= 11 is 0. The van der Waals surface area contributed by atoms with Crippen molar-refractivity contribution in [1.82, 2.24) is 4.81 Å². The summed E-state index contributed by atoms with van der Waals surface area (Å²) < 4.78 is 26.4. The van der Waals surface area contributed by atoms with Crippen LogP contribution in [0.2, 0.25) is 0 Å². The number of rotatable bonds is 6. The van der Waals surface area contributed by atoms with E-state index >= 15 is 0 Å². The molecule has 26 heavy (non-hydrogen) atoms. The van der Waals surface area contributed by atoms with Crippen LogP contribution in [0.25, 0.3) is 0 Å². The van der Waals surface area contributed by atoms with Gasteiger partial charge in [-0.05, 0) is 42.2 Å². The van der Waals surface area contributed by atoms with Crippen LogP contribution in [0.15, 0.2) is 36.4 Å². The Morgan fingerprint density at radius 2 is 1.81 bits per heavy atom. The molecule has 1 radical (unpaired) electrons. The number of anilines is 2. The van der Waals surface area contributed by atoms with Crippen molar-refractivity contribution in [2.45, 2.75) is 12.8 Å². The van der Waals surface area contributed by atoms with Gasteiger partial charge >= 0.3 is 0 Å². The number of hydrogen-bond acceptors (Lipinski definition) is 4. The number of carbonyl (C=O) groups is 1. The lowest BCUT2D eigenvalue weighted by molar-refractivity contribution is 0.409. The second-order valence-corrected chi connectivity index (χ2v) is 6.41. The highest BCUT2D eigenvalue weighted by Crippen LogP contribution is 2.28. The van der Waals surface area contributed by atoms with Crippen molar-refractivity contribution in [2.24, 2.45) is 0 Å². The third-order valence-corrected chi connectivity index (χ3v) is 4.77. The van der Waals surface area contributed by atoms with Gasteiger partial charge in [-0.1, -0.05) is 18.2 Å². The van der Waals surface area contributed by atoms with Gasteiger partial charge in [0.1, 0.15) is 0 Å². The zero-order valence-corrected chi connectivity index (χ0v) is 14.5. The van der Waals surface area contributed by atoms with Crippen LogP contribution in [0, 0.1) is 11.6 Å². The quantitative estimate of drug-likeness (QED) is 0.490. The molecule has 0 spiro atoms. The summed E-state index contributed by atoms with van der Waals surface area (Å²) in [4.78, 5) is 14.8. The summed E-state index contributed by atoms with van der Waals surface area (Å²) in [5.41, 5.74) is 9.82. The Bertz CT molecular complexity index is 779. The van der Waals surface area contributed by atoms with Gasteiger partial charge in [0.05, 0.1) is 17.6 Å². The molecule has 1 aliphatic heterocycles. The Labute approximate surface area is 152 Å². The van der Waals surface area contributed by atoms with E-state index in [4.69, 9.17) is 5.73 Å². The molecule has 2 N–H and O–H groups in total. The van der Waals surface area contributed by atoms with Crippen LogP contribution in [-0.2, 0) is 17.6 Å². The number of carbonyl (C=O) groups excluding carboxylic acids is 1. The highest BCUT2D eigenvalue weighted by atomic mass is 19.2. The molecule has 0 aromatic heterocycles. The molecule has 0 amide bonds. The predicted molar refractivity (Wildman–Crippen MR) is 101 cm³/mol.